The number of fused-ring (bicyclic) bond motifs is 2. The van der Waals surface area contributed by atoms with E-state index >= 15 is 0 Å². The van der Waals surface area contributed by atoms with Crippen molar-refractivity contribution in [1.82, 2.24) is 34.5 Å². The van der Waals surface area contributed by atoms with Crippen LogP contribution in [-0.2, 0) is 0 Å². The molecule has 0 saturated heterocycles. The van der Waals surface area contributed by atoms with Crippen molar-refractivity contribution in [1.29, 1.82) is 0 Å². The lowest BCUT2D eigenvalue weighted by atomic mass is 10.0. The summed E-state index contributed by atoms with van der Waals surface area (Å²) in [6, 6.07) is 15.9. The van der Waals surface area contributed by atoms with Crippen LogP contribution in [0.15, 0.2) is 61.1 Å². The summed E-state index contributed by atoms with van der Waals surface area (Å²) in [5.41, 5.74) is 6.83. The van der Waals surface area contributed by atoms with Gasteiger partial charge in [0.1, 0.15) is 18.0 Å². The smallest absolute Gasteiger partial charge is 0.168 e. The molecule has 0 amide bonds. The van der Waals surface area contributed by atoms with Crippen molar-refractivity contribution < 1.29 is 0 Å². The molecule has 0 bridgehead atoms. The molecule has 0 unspecified atom stereocenters. The van der Waals surface area contributed by atoms with Crippen molar-refractivity contribution in [3.63, 3.8) is 0 Å². The third kappa shape index (κ3) is 3.76. The van der Waals surface area contributed by atoms with Gasteiger partial charge in [0.15, 0.2) is 11.5 Å². The first-order valence-electron chi connectivity index (χ1n) is 11.5. The lowest BCUT2D eigenvalue weighted by molar-refractivity contribution is 0.842. The summed E-state index contributed by atoms with van der Waals surface area (Å²) >= 11 is 6.19. The Morgan fingerprint density at radius 1 is 0.861 bits per heavy atom. The van der Waals surface area contributed by atoms with Gasteiger partial charge in [-0.05, 0) is 69.2 Å². The van der Waals surface area contributed by atoms with E-state index in [1.165, 1.54) is 11.9 Å². The Labute approximate surface area is 212 Å². The summed E-state index contributed by atoms with van der Waals surface area (Å²) in [5.74, 6) is 2.11. The van der Waals surface area contributed by atoms with Crippen LogP contribution in [0.1, 0.15) is 22.4 Å². The fourth-order valence-corrected chi connectivity index (χ4v) is 4.75. The molecule has 6 aromatic rings. The Morgan fingerprint density at radius 2 is 1.72 bits per heavy atom. The van der Waals surface area contributed by atoms with E-state index in [0.717, 1.165) is 50.4 Å². The average Bonchev–Trinajstić information content (AvgIpc) is 3.43. The van der Waals surface area contributed by atoms with Crippen LogP contribution in [-0.4, -0.2) is 34.5 Å². The number of rotatable bonds is 4. The Kier molecular flexibility index (Phi) is 5.19. The summed E-state index contributed by atoms with van der Waals surface area (Å²) in [7, 11) is 0. The number of aromatic nitrogens is 7. The van der Waals surface area contributed by atoms with E-state index < -0.39 is 0 Å². The number of hydrogen-bond acceptors (Lipinski definition) is 6. The first-order valence-corrected chi connectivity index (χ1v) is 11.9. The van der Waals surface area contributed by atoms with Crippen LogP contribution < -0.4 is 5.32 Å². The zero-order valence-electron chi connectivity index (χ0n) is 20.3. The zero-order valence-corrected chi connectivity index (χ0v) is 21.0. The molecular weight excluding hydrogens is 472 g/mol. The van der Waals surface area contributed by atoms with Crippen LogP contribution in [0.4, 0.5) is 11.6 Å². The second kappa shape index (κ2) is 8.42. The molecule has 6 rings (SSSR count). The fourth-order valence-electron chi connectivity index (χ4n) is 4.56. The maximum absolute atomic E-state index is 6.19. The lowest BCUT2D eigenvalue weighted by Gasteiger charge is -2.13. The first kappa shape index (κ1) is 22.2. The molecule has 0 fully saturated rings. The molecule has 0 aliphatic heterocycles. The van der Waals surface area contributed by atoms with Gasteiger partial charge in [-0.1, -0.05) is 29.3 Å². The molecule has 0 aliphatic carbocycles. The Bertz CT molecular complexity index is 1780. The van der Waals surface area contributed by atoms with Crippen LogP contribution in [0, 0.1) is 27.7 Å². The van der Waals surface area contributed by atoms with E-state index in [1.54, 1.807) is 10.9 Å². The van der Waals surface area contributed by atoms with Gasteiger partial charge in [-0.15, -0.1) is 0 Å². The second-order valence-corrected chi connectivity index (χ2v) is 9.42. The maximum Gasteiger partial charge on any atom is 0.168 e. The molecule has 36 heavy (non-hydrogen) atoms. The summed E-state index contributed by atoms with van der Waals surface area (Å²) in [6.45, 7) is 8.26. The highest BCUT2D eigenvalue weighted by atomic mass is 35.5. The monoisotopic (exact) mass is 494 g/mol. The molecule has 2 aromatic carbocycles. The number of pyridine rings is 1. The molecule has 0 spiro atoms. The van der Waals surface area contributed by atoms with Gasteiger partial charge in [-0.25, -0.2) is 19.6 Å². The van der Waals surface area contributed by atoms with Crippen LogP contribution in [0.5, 0.6) is 0 Å². The third-order valence-corrected chi connectivity index (χ3v) is 6.39. The molecule has 1 N–H and O–H groups in total. The minimum atomic E-state index is 0.624. The SMILES string of the molecule is Cc1cc(C)c2nc(-n3nc(C)cc3Nc3ncnc4c3cnn4-c3cccc(Cl)c3)cc(C)c2c1. The van der Waals surface area contributed by atoms with Gasteiger partial charge < -0.3 is 5.32 Å². The van der Waals surface area contributed by atoms with E-state index in [9.17, 15) is 0 Å². The van der Waals surface area contributed by atoms with Crippen LogP contribution in [0.25, 0.3) is 33.4 Å². The lowest BCUT2D eigenvalue weighted by Crippen LogP contribution is -2.07. The van der Waals surface area contributed by atoms with Crippen LogP contribution in [0.3, 0.4) is 0 Å². The Hall–Kier alpha value is -4.30. The van der Waals surface area contributed by atoms with Crippen molar-refractivity contribution in [2.75, 3.05) is 5.32 Å². The van der Waals surface area contributed by atoms with Gasteiger partial charge in [-0.3, -0.25) is 0 Å². The number of halogens is 1. The molecule has 4 heterocycles. The molecule has 0 atom stereocenters. The van der Waals surface area contributed by atoms with E-state index in [4.69, 9.17) is 21.7 Å². The molecule has 0 saturated carbocycles. The van der Waals surface area contributed by atoms with Gasteiger partial charge in [0.05, 0.1) is 28.5 Å². The van der Waals surface area contributed by atoms with Gasteiger partial charge in [-0.2, -0.15) is 14.9 Å². The average molecular weight is 495 g/mol. The standard InChI is InChI=1S/C27H23ClN8/c1-15-8-17(3)25-21(9-15)16(2)10-23(32-25)36-24(11-18(4)34-36)33-26-22-13-31-35(27(22)30-14-29-26)20-7-5-6-19(28)12-20/h5-14H,1-4H3,(H,29,30,33). The molecule has 0 aliphatic rings. The summed E-state index contributed by atoms with van der Waals surface area (Å²) in [4.78, 5) is 13.9. The van der Waals surface area contributed by atoms with E-state index in [0.29, 0.717) is 16.5 Å². The number of aryl methyl sites for hydroxylation is 4. The summed E-state index contributed by atoms with van der Waals surface area (Å²) in [6.07, 6.45) is 3.27. The highest BCUT2D eigenvalue weighted by molar-refractivity contribution is 6.30. The topological polar surface area (TPSA) is 86.3 Å². The highest BCUT2D eigenvalue weighted by Gasteiger charge is 2.16. The largest absolute Gasteiger partial charge is 0.324 e. The van der Waals surface area contributed by atoms with Crippen molar-refractivity contribution >= 4 is 45.2 Å². The van der Waals surface area contributed by atoms with E-state index in [1.807, 2.05) is 41.9 Å². The number of nitrogens with one attached hydrogen (secondary N) is 1. The minimum Gasteiger partial charge on any atom is -0.324 e. The second-order valence-electron chi connectivity index (χ2n) is 8.98. The molecule has 9 heteroatoms. The van der Waals surface area contributed by atoms with Gasteiger partial charge in [0, 0.05) is 16.5 Å². The normalized spacial score (nSPS) is 11.5. The molecule has 0 radical (unpaired) electrons. The number of nitrogens with zero attached hydrogens (tertiary/aromatic N) is 7. The van der Waals surface area contributed by atoms with Crippen molar-refractivity contribution in [2.45, 2.75) is 27.7 Å². The molecule has 178 valence electrons. The van der Waals surface area contributed by atoms with E-state index in [-0.39, 0.29) is 0 Å². The number of hydrogen-bond donors (Lipinski definition) is 1. The first-order chi connectivity index (χ1) is 17.4. The highest BCUT2D eigenvalue weighted by Crippen LogP contribution is 2.29. The molecule has 8 nitrogen and oxygen atoms in total. The summed E-state index contributed by atoms with van der Waals surface area (Å²) in [5, 5.41) is 15.3. The van der Waals surface area contributed by atoms with Crippen LogP contribution in [0.2, 0.25) is 5.02 Å². The minimum absolute atomic E-state index is 0.624. The molecular formula is C27H23ClN8. The van der Waals surface area contributed by atoms with E-state index in [2.05, 4.69) is 59.4 Å². The predicted molar refractivity (Wildman–Crippen MR) is 143 cm³/mol. The third-order valence-electron chi connectivity index (χ3n) is 6.16. The summed E-state index contributed by atoms with van der Waals surface area (Å²) < 4.78 is 3.56. The fraction of sp³-hybridized carbons (Fsp3) is 0.148. The number of anilines is 2. The van der Waals surface area contributed by atoms with Gasteiger partial charge >= 0.3 is 0 Å². The van der Waals surface area contributed by atoms with Gasteiger partial charge in [0.2, 0.25) is 0 Å². The molecule has 4 aromatic heterocycles. The maximum atomic E-state index is 6.19. The quantitative estimate of drug-likeness (QED) is 0.315. The predicted octanol–water partition coefficient (Wildman–Crippen LogP) is 6.18. The Morgan fingerprint density at radius 3 is 2.56 bits per heavy atom. The van der Waals surface area contributed by atoms with Crippen molar-refractivity contribution in [3.8, 4) is 11.5 Å². The zero-order chi connectivity index (χ0) is 25.0. The number of benzene rings is 2. The van der Waals surface area contributed by atoms with Crippen molar-refractivity contribution in [2.24, 2.45) is 0 Å². The van der Waals surface area contributed by atoms with Crippen LogP contribution >= 0.6 is 11.6 Å². The van der Waals surface area contributed by atoms with Gasteiger partial charge in [0.25, 0.3) is 0 Å². The van der Waals surface area contributed by atoms with Crippen molar-refractivity contribution in [3.05, 3.63) is 88.5 Å². The Balaban J connectivity index is 1.44.